The van der Waals surface area contributed by atoms with Crippen molar-refractivity contribution in [1.82, 2.24) is 0 Å². The molecule has 2 rings (SSSR count). The van der Waals surface area contributed by atoms with Crippen molar-refractivity contribution in [1.29, 1.82) is 0 Å². The molecular weight excluding hydrogens is 204 g/mol. The van der Waals surface area contributed by atoms with Gasteiger partial charge in [0.1, 0.15) is 6.79 Å². The third kappa shape index (κ3) is 3.84. The molecule has 0 heterocycles. The van der Waals surface area contributed by atoms with Crippen LogP contribution in [0.1, 0.15) is 0 Å². The number of carbonyl (C=O) groups excluding carboxylic acids is 1. The number of para-hydroxylation sites is 2. The predicted molar refractivity (Wildman–Crippen MR) is 61.3 cm³/mol. The van der Waals surface area contributed by atoms with E-state index in [0.717, 1.165) is 0 Å². The first kappa shape index (κ1) is 11.8. The van der Waals surface area contributed by atoms with Gasteiger partial charge in [-0.25, -0.2) is 0 Å². The van der Waals surface area contributed by atoms with Crippen LogP contribution in [0.25, 0.3) is 0 Å². The molecule has 0 radical (unpaired) electrons. The normalized spacial score (nSPS) is 8.50. The first-order chi connectivity index (χ1) is 7.95. The quantitative estimate of drug-likeness (QED) is 0.584. The molecule has 16 heavy (non-hydrogen) atoms. The van der Waals surface area contributed by atoms with Crippen LogP contribution in [0.3, 0.4) is 0 Å². The lowest BCUT2D eigenvalue weighted by molar-refractivity contribution is -0.0999. The molecule has 0 amide bonds. The number of benzene rings is 2. The highest BCUT2D eigenvalue weighted by Gasteiger charge is 1.94. The minimum absolute atomic E-state index is 0.691. The van der Waals surface area contributed by atoms with E-state index in [0.29, 0.717) is 11.5 Å². The van der Waals surface area contributed by atoms with Crippen LogP contribution in [-0.4, -0.2) is 6.79 Å². The lowest BCUT2D eigenvalue weighted by Gasteiger charge is -2.04. The first-order valence-corrected chi connectivity index (χ1v) is 4.68. The molecule has 0 unspecified atom stereocenters. The van der Waals surface area contributed by atoms with Crippen molar-refractivity contribution < 1.29 is 14.6 Å². The lowest BCUT2D eigenvalue weighted by Crippen LogP contribution is -1.99. The summed E-state index contributed by atoms with van der Waals surface area (Å²) in [5.41, 5.74) is 0. The summed E-state index contributed by atoms with van der Waals surface area (Å²) in [6.45, 7) is 2.00. The maximum absolute atomic E-state index is 8.00. The first-order valence-electron chi connectivity index (χ1n) is 4.68. The second-order valence-electron chi connectivity index (χ2n) is 2.79. The number of rotatable bonds is 3. The molecule has 0 aliphatic rings. The molecule has 0 atom stereocenters. The third-order valence-corrected chi connectivity index (χ3v) is 1.72. The zero-order chi connectivity index (χ0) is 11.6. The van der Waals surface area contributed by atoms with Crippen LogP contribution < -0.4 is 9.78 Å². The van der Waals surface area contributed by atoms with Crippen LogP contribution in [0.2, 0.25) is 0 Å². The topological polar surface area (TPSA) is 35.5 Å². The second kappa shape index (κ2) is 7.06. The summed E-state index contributed by atoms with van der Waals surface area (Å²) in [7, 11) is 0. The van der Waals surface area contributed by atoms with Crippen LogP contribution in [0.15, 0.2) is 60.7 Å². The summed E-state index contributed by atoms with van der Waals surface area (Å²) in [5.74, 6) is 1.38. The van der Waals surface area contributed by atoms with Crippen LogP contribution in [0.4, 0.5) is 0 Å². The van der Waals surface area contributed by atoms with Crippen molar-refractivity contribution in [3.8, 4) is 11.5 Å². The highest BCUT2D eigenvalue weighted by molar-refractivity contribution is 5.23. The molecule has 0 bridgehead atoms. The van der Waals surface area contributed by atoms with Crippen molar-refractivity contribution in [3.63, 3.8) is 0 Å². The summed E-state index contributed by atoms with van der Waals surface area (Å²) in [6.07, 6.45) is 0. The standard InChI is InChI=1S/C12H10O2.CH2O/c1-3-7-11(8-4-1)13-14-12-9-5-2-6-10-12;1-2/h1-10H;1H2. The van der Waals surface area contributed by atoms with Gasteiger partial charge in [-0.2, -0.15) is 0 Å². The zero-order valence-corrected chi connectivity index (χ0v) is 8.71. The van der Waals surface area contributed by atoms with Crippen molar-refractivity contribution >= 4 is 6.79 Å². The van der Waals surface area contributed by atoms with Gasteiger partial charge in [0.15, 0.2) is 11.5 Å². The van der Waals surface area contributed by atoms with Gasteiger partial charge in [0.05, 0.1) is 0 Å². The van der Waals surface area contributed by atoms with Crippen LogP contribution in [0, 0.1) is 0 Å². The van der Waals surface area contributed by atoms with E-state index in [4.69, 9.17) is 14.6 Å². The predicted octanol–water partition coefficient (Wildman–Crippen LogP) is 2.87. The molecule has 0 fully saturated rings. The molecule has 3 nitrogen and oxygen atoms in total. The maximum Gasteiger partial charge on any atom is 0.178 e. The minimum atomic E-state index is 0.691. The van der Waals surface area contributed by atoms with Crippen LogP contribution in [-0.2, 0) is 4.79 Å². The van der Waals surface area contributed by atoms with E-state index in [1.165, 1.54) is 0 Å². The SMILES string of the molecule is C=O.c1ccc(OOc2ccccc2)cc1. The summed E-state index contributed by atoms with van der Waals surface area (Å²) in [4.78, 5) is 18.2. The van der Waals surface area contributed by atoms with Gasteiger partial charge in [-0.15, -0.1) is 0 Å². The van der Waals surface area contributed by atoms with E-state index >= 15 is 0 Å². The molecule has 2 aromatic rings. The van der Waals surface area contributed by atoms with Crippen LogP contribution >= 0.6 is 0 Å². The highest BCUT2D eigenvalue weighted by Crippen LogP contribution is 2.13. The van der Waals surface area contributed by atoms with Gasteiger partial charge in [0, 0.05) is 0 Å². The molecule has 0 aromatic heterocycles. The second-order valence-corrected chi connectivity index (χ2v) is 2.79. The largest absolute Gasteiger partial charge is 0.307 e. The van der Waals surface area contributed by atoms with Crippen molar-refractivity contribution in [3.05, 3.63) is 60.7 Å². The Kier molecular flexibility index (Phi) is 5.20. The van der Waals surface area contributed by atoms with E-state index in [9.17, 15) is 0 Å². The molecule has 3 heteroatoms. The van der Waals surface area contributed by atoms with Crippen molar-refractivity contribution in [2.24, 2.45) is 0 Å². The number of hydrogen-bond acceptors (Lipinski definition) is 3. The van der Waals surface area contributed by atoms with Gasteiger partial charge in [0.2, 0.25) is 0 Å². The summed E-state index contributed by atoms with van der Waals surface area (Å²) in [5, 5.41) is 0. The summed E-state index contributed by atoms with van der Waals surface area (Å²) in [6, 6.07) is 18.8. The number of carbonyl (C=O) groups is 1. The maximum atomic E-state index is 8.00. The van der Waals surface area contributed by atoms with Crippen molar-refractivity contribution in [2.75, 3.05) is 0 Å². The Balaban J connectivity index is 0.000000606. The molecule has 0 aliphatic heterocycles. The minimum Gasteiger partial charge on any atom is -0.307 e. The van der Waals surface area contributed by atoms with Gasteiger partial charge in [-0.1, -0.05) is 36.4 Å². The Morgan fingerprint density at radius 2 is 0.938 bits per heavy atom. The van der Waals surface area contributed by atoms with Crippen LogP contribution in [0.5, 0.6) is 11.5 Å². The van der Waals surface area contributed by atoms with Gasteiger partial charge in [0.25, 0.3) is 0 Å². The van der Waals surface area contributed by atoms with E-state index < -0.39 is 0 Å². The number of hydrogen-bond donors (Lipinski definition) is 0. The van der Waals surface area contributed by atoms with Gasteiger partial charge in [-0.3, -0.25) is 9.78 Å². The molecule has 0 saturated heterocycles. The average molecular weight is 216 g/mol. The van der Waals surface area contributed by atoms with Gasteiger partial charge in [-0.05, 0) is 24.3 Å². The smallest absolute Gasteiger partial charge is 0.178 e. The Morgan fingerprint density at radius 3 is 1.25 bits per heavy atom. The zero-order valence-electron chi connectivity index (χ0n) is 8.71. The fraction of sp³-hybridized carbons (Fsp3) is 0. The summed E-state index contributed by atoms with van der Waals surface area (Å²) < 4.78 is 0. The van der Waals surface area contributed by atoms with E-state index in [2.05, 4.69) is 0 Å². The highest BCUT2D eigenvalue weighted by atomic mass is 17.2. The molecule has 82 valence electrons. The molecule has 0 saturated carbocycles. The lowest BCUT2D eigenvalue weighted by atomic mass is 10.3. The van der Waals surface area contributed by atoms with E-state index in [-0.39, 0.29) is 0 Å². The fourth-order valence-electron chi connectivity index (χ4n) is 1.05. The third-order valence-electron chi connectivity index (χ3n) is 1.72. The fourth-order valence-corrected chi connectivity index (χ4v) is 1.05. The molecular formula is C13H12O3. The van der Waals surface area contributed by atoms with Crippen molar-refractivity contribution in [2.45, 2.75) is 0 Å². The van der Waals surface area contributed by atoms with E-state index in [1.807, 2.05) is 67.5 Å². The molecule has 0 spiro atoms. The Bertz CT molecular complexity index is 347. The molecule has 2 aromatic carbocycles. The van der Waals surface area contributed by atoms with Gasteiger partial charge >= 0.3 is 0 Å². The Labute approximate surface area is 94.2 Å². The Hall–Kier alpha value is -2.29. The van der Waals surface area contributed by atoms with Gasteiger partial charge < -0.3 is 4.79 Å². The Morgan fingerprint density at radius 1 is 0.625 bits per heavy atom. The monoisotopic (exact) mass is 216 g/mol. The molecule has 0 aliphatic carbocycles. The average Bonchev–Trinajstić information content (AvgIpc) is 2.41. The summed E-state index contributed by atoms with van der Waals surface area (Å²) >= 11 is 0. The molecule has 0 N–H and O–H groups in total. The van der Waals surface area contributed by atoms with E-state index in [1.54, 1.807) is 0 Å².